The molecule has 3 heteroatoms. The summed E-state index contributed by atoms with van der Waals surface area (Å²) in [4.78, 5) is 6.59. The zero-order chi connectivity index (χ0) is 9.97. The molecule has 0 radical (unpaired) electrons. The van der Waals surface area contributed by atoms with Gasteiger partial charge in [0.1, 0.15) is 0 Å². The SMILES string of the molecule is Cc1cccnc1CN1CC[C@@H](O)C1. The van der Waals surface area contributed by atoms with Gasteiger partial charge in [-0.2, -0.15) is 0 Å². The maximum Gasteiger partial charge on any atom is 0.0679 e. The first kappa shape index (κ1) is 9.62. The molecule has 1 aliphatic rings. The monoisotopic (exact) mass is 192 g/mol. The van der Waals surface area contributed by atoms with Gasteiger partial charge in [0.25, 0.3) is 0 Å². The van der Waals surface area contributed by atoms with E-state index in [-0.39, 0.29) is 6.10 Å². The third-order valence-corrected chi connectivity index (χ3v) is 2.74. The normalized spacial score (nSPS) is 22.9. The fourth-order valence-electron chi connectivity index (χ4n) is 1.85. The predicted octanol–water partition coefficient (Wildman–Crippen LogP) is 0.957. The fraction of sp³-hybridized carbons (Fsp3) is 0.545. The van der Waals surface area contributed by atoms with Crippen LogP contribution in [0.2, 0.25) is 0 Å². The molecule has 0 aromatic carbocycles. The summed E-state index contributed by atoms with van der Waals surface area (Å²) in [5, 5.41) is 9.38. The largest absolute Gasteiger partial charge is 0.392 e. The third kappa shape index (κ3) is 2.11. The van der Waals surface area contributed by atoms with Gasteiger partial charge in [-0.1, -0.05) is 6.07 Å². The van der Waals surface area contributed by atoms with Crippen molar-refractivity contribution in [2.24, 2.45) is 0 Å². The molecule has 1 atom stereocenters. The number of aliphatic hydroxyl groups excluding tert-OH is 1. The van der Waals surface area contributed by atoms with Gasteiger partial charge in [0.2, 0.25) is 0 Å². The van der Waals surface area contributed by atoms with Crippen LogP contribution in [0.5, 0.6) is 0 Å². The summed E-state index contributed by atoms with van der Waals surface area (Å²) < 4.78 is 0. The second kappa shape index (κ2) is 4.07. The number of aryl methyl sites for hydroxylation is 1. The van der Waals surface area contributed by atoms with Crippen molar-refractivity contribution < 1.29 is 5.11 Å². The zero-order valence-corrected chi connectivity index (χ0v) is 8.48. The molecule has 0 aliphatic carbocycles. The Morgan fingerprint density at radius 1 is 1.64 bits per heavy atom. The fourth-order valence-corrected chi connectivity index (χ4v) is 1.85. The first-order chi connectivity index (χ1) is 6.75. The lowest BCUT2D eigenvalue weighted by Crippen LogP contribution is -2.22. The van der Waals surface area contributed by atoms with E-state index in [2.05, 4.69) is 22.9 Å². The second-order valence-electron chi connectivity index (χ2n) is 3.94. The van der Waals surface area contributed by atoms with E-state index < -0.39 is 0 Å². The van der Waals surface area contributed by atoms with Crippen LogP contribution in [-0.2, 0) is 6.54 Å². The van der Waals surface area contributed by atoms with Crippen LogP contribution in [0.15, 0.2) is 18.3 Å². The summed E-state index contributed by atoms with van der Waals surface area (Å²) in [5.74, 6) is 0. The molecule has 3 nitrogen and oxygen atoms in total. The Labute approximate surface area is 84.4 Å². The minimum absolute atomic E-state index is 0.140. The van der Waals surface area contributed by atoms with Crippen LogP contribution in [0, 0.1) is 6.92 Å². The minimum Gasteiger partial charge on any atom is -0.392 e. The molecule has 0 saturated carbocycles. The van der Waals surface area contributed by atoms with Gasteiger partial charge in [0.05, 0.1) is 11.8 Å². The van der Waals surface area contributed by atoms with E-state index in [1.807, 2.05) is 12.3 Å². The van der Waals surface area contributed by atoms with Crippen molar-refractivity contribution in [3.63, 3.8) is 0 Å². The van der Waals surface area contributed by atoms with Gasteiger partial charge >= 0.3 is 0 Å². The summed E-state index contributed by atoms with van der Waals surface area (Å²) in [6, 6.07) is 4.03. The highest BCUT2D eigenvalue weighted by atomic mass is 16.3. The summed E-state index contributed by atoms with van der Waals surface area (Å²) in [5.41, 5.74) is 2.36. The van der Waals surface area contributed by atoms with Crippen molar-refractivity contribution in [2.75, 3.05) is 13.1 Å². The summed E-state index contributed by atoms with van der Waals surface area (Å²) in [6.45, 7) is 4.71. The highest BCUT2D eigenvalue weighted by Gasteiger charge is 2.20. The molecule has 14 heavy (non-hydrogen) atoms. The van der Waals surface area contributed by atoms with E-state index in [4.69, 9.17) is 0 Å². The van der Waals surface area contributed by atoms with Crippen LogP contribution in [0.3, 0.4) is 0 Å². The maximum absolute atomic E-state index is 9.38. The molecule has 76 valence electrons. The van der Waals surface area contributed by atoms with Gasteiger partial charge in [-0.3, -0.25) is 9.88 Å². The van der Waals surface area contributed by atoms with Gasteiger partial charge < -0.3 is 5.11 Å². The number of β-amino-alcohol motifs (C(OH)–C–C–N with tert-alkyl or cyclic N) is 1. The lowest BCUT2D eigenvalue weighted by molar-refractivity contribution is 0.174. The minimum atomic E-state index is -0.140. The number of hydrogen-bond acceptors (Lipinski definition) is 3. The van der Waals surface area contributed by atoms with E-state index in [9.17, 15) is 5.11 Å². The van der Waals surface area contributed by atoms with E-state index in [0.29, 0.717) is 0 Å². The Morgan fingerprint density at radius 3 is 3.14 bits per heavy atom. The van der Waals surface area contributed by atoms with Crippen molar-refractivity contribution in [1.82, 2.24) is 9.88 Å². The van der Waals surface area contributed by atoms with Gasteiger partial charge in [-0.15, -0.1) is 0 Å². The molecular weight excluding hydrogens is 176 g/mol. The molecule has 1 aliphatic heterocycles. The quantitative estimate of drug-likeness (QED) is 0.758. The maximum atomic E-state index is 9.38. The number of aliphatic hydroxyl groups is 1. The molecule has 0 spiro atoms. The van der Waals surface area contributed by atoms with Gasteiger partial charge in [0, 0.05) is 25.8 Å². The predicted molar refractivity (Wildman–Crippen MR) is 54.9 cm³/mol. The average Bonchev–Trinajstić information content (AvgIpc) is 2.56. The molecule has 2 heterocycles. The summed E-state index contributed by atoms with van der Waals surface area (Å²) >= 11 is 0. The zero-order valence-electron chi connectivity index (χ0n) is 8.48. The number of nitrogens with zero attached hydrogens (tertiary/aromatic N) is 2. The van der Waals surface area contributed by atoms with Crippen LogP contribution < -0.4 is 0 Å². The van der Waals surface area contributed by atoms with Crippen LogP contribution in [0.4, 0.5) is 0 Å². The van der Waals surface area contributed by atoms with E-state index >= 15 is 0 Å². The molecule has 2 rings (SSSR count). The molecule has 0 unspecified atom stereocenters. The summed E-state index contributed by atoms with van der Waals surface area (Å²) in [7, 11) is 0. The number of likely N-dealkylation sites (tertiary alicyclic amines) is 1. The molecule has 0 bridgehead atoms. The first-order valence-corrected chi connectivity index (χ1v) is 5.06. The highest BCUT2D eigenvalue weighted by Crippen LogP contribution is 2.13. The van der Waals surface area contributed by atoms with Crippen molar-refractivity contribution in [2.45, 2.75) is 26.0 Å². The first-order valence-electron chi connectivity index (χ1n) is 5.06. The van der Waals surface area contributed by atoms with E-state index in [1.54, 1.807) is 0 Å². The lowest BCUT2D eigenvalue weighted by Gasteiger charge is -2.15. The molecule has 1 fully saturated rings. The molecule has 1 N–H and O–H groups in total. The molecule has 1 saturated heterocycles. The second-order valence-corrected chi connectivity index (χ2v) is 3.94. The standard InChI is InChI=1S/C11H16N2O/c1-9-3-2-5-12-11(9)8-13-6-4-10(14)7-13/h2-3,5,10,14H,4,6-8H2,1H3/t10-/m1/s1. The molecular formula is C11H16N2O. The highest BCUT2D eigenvalue weighted by molar-refractivity contribution is 5.17. The van der Waals surface area contributed by atoms with Crippen LogP contribution in [0.1, 0.15) is 17.7 Å². The Hall–Kier alpha value is -0.930. The van der Waals surface area contributed by atoms with Crippen LogP contribution in [-0.4, -0.2) is 34.2 Å². The van der Waals surface area contributed by atoms with Crippen molar-refractivity contribution in [1.29, 1.82) is 0 Å². The van der Waals surface area contributed by atoms with E-state index in [0.717, 1.165) is 31.7 Å². The Bertz CT molecular complexity index is 314. The van der Waals surface area contributed by atoms with Gasteiger partial charge in [-0.05, 0) is 25.0 Å². The van der Waals surface area contributed by atoms with Gasteiger partial charge in [0.15, 0.2) is 0 Å². The van der Waals surface area contributed by atoms with Crippen LogP contribution >= 0.6 is 0 Å². The smallest absolute Gasteiger partial charge is 0.0679 e. The summed E-state index contributed by atoms with van der Waals surface area (Å²) in [6.07, 6.45) is 2.58. The number of pyridine rings is 1. The Kier molecular flexibility index (Phi) is 2.79. The van der Waals surface area contributed by atoms with E-state index in [1.165, 1.54) is 5.56 Å². The Morgan fingerprint density at radius 2 is 2.50 bits per heavy atom. The topological polar surface area (TPSA) is 36.4 Å². The lowest BCUT2D eigenvalue weighted by atomic mass is 10.2. The number of hydrogen-bond donors (Lipinski definition) is 1. The van der Waals surface area contributed by atoms with Gasteiger partial charge in [-0.25, -0.2) is 0 Å². The number of aromatic nitrogens is 1. The molecule has 1 aromatic heterocycles. The number of rotatable bonds is 2. The van der Waals surface area contributed by atoms with Crippen molar-refractivity contribution >= 4 is 0 Å². The third-order valence-electron chi connectivity index (χ3n) is 2.74. The molecule has 0 amide bonds. The van der Waals surface area contributed by atoms with Crippen LogP contribution in [0.25, 0.3) is 0 Å². The molecule has 1 aromatic rings. The van der Waals surface area contributed by atoms with Crippen molar-refractivity contribution in [3.05, 3.63) is 29.6 Å². The average molecular weight is 192 g/mol. The van der Waals surface area contributed by atoms with Crippen molar-refractivity contribution in [3.8, 4) is 0 Å². The Balaban J connectivity index is 2.01.